The molecule has 4 nitrogen and oxygen atoms in total. The van der Waals surface area contributed by atoms with Crippen LogP contribution in [0.15, 0.2) is 65.6 Å². The van der Waals surface area contributed by atoms with E-state index in [0.29, 0.717) is 28.5 Å². The van der Waals surface area contributed by atoms with E-state index in [4.69, 9.17) is 4.74 Å². The van der Waals surface area contributed by atoms with Crippen molar-refractivity contribution in [1.29, 1.82) is 0 Å². The highest BCUT2D eigenvalue weighted by molar-refractivity contribution is 7.98. The van der Waals surface area contributed by atoms with Gasteiger partial charge in [-0.2, -0.15) is 0 Å². The third-order valence-corrected chi connectivity index (χ3v) is 6.90. The number of halogens is 1. The van der Waals surface area contributed by atoms with Gasteiger partial charge in [-0.05, 0) is 54.7 Å². The fraction of sp³-hybridized carbons (Fsp3) is 0.269. The SMILES string of the molecule is CSc1ccc(-c2ccc(-c3nc4cc(O[C@@H]5CCC(CO)C5)[nH]c4cc3F)cc2)cc1. The van der Waals surface area contributed by atoms with Gasteiger partial charge in [-0.1, -0.05) is 36.4 Å². The monoisotopic (exact) mass is 448 g/mol. The Morgan fingerprint density at radius 1 is 1.03 bits per heavy atom. The maximum Gasteiger partial charge on any atom is 0.193 e. The lowest BCUT2D eigenvalue weighted by molar-refractivity contribution is 0.179. The lowest BCUT2D eigenvalue weighted by Crippen LogP contribution is -2.13. The van der Waals surface area contributed by atoms with Crippen molar-refractivity contribution >= 4 is 22.8 Å². The summed E-state index contributed by atoms with van der Waals surface area (Å²) in [5, 5.41) is 9.32. The van der Waals surface area contributed by atoms with Gasteiger partial charge in [0.15, 0.2) is 11.7 Å². The first-order valence-corrected chi connectivity index (χ1v) is 12.1. The Morgan fingerprint density at radius 2 is 1.72 bits per heavy atom. The summed E-state index contributed by atoms with van der Waals surface area (Å²) in [6.45, 7) is 0.199. The van der Waals surface area contributed by atoms with Crippen LogP contribution in [-0.2, 0) is 0 Å². The zero-order valence-electron chi connectivity index (χ0n) is 17.8. The van der Waals surface area contributed by atoms with E-state index in [1.807, 2.05) is 30.3 Å². The van der Waals surface area contributed by atoms with Gasteiger partial charge in [-0.15, -0.1) is 11.8 Å². The third kappa shape index (κ3) is 4.25. The molecular formula is C26H25FN2O2S. The van der Waals surface area contributed by atoms with Gasteiger partial charge < -0.3 is 14.8 Å². The topological polar surface area (TPSA) is 58.1 Å². The summed E-state index contributed by atoms with van der Waals surface area (Å²) in [4.78, 5) is 8.92. The Hall–Kier alpha value is -2.83. The second-order valence-electron chi connectivity index (χ2n) is 8.29. The average Bonchev–Trinajstić information content (AvgIpc) is 3.44. The van der Waals surface area contributed by atoms with E-state index < -0.39 is 0 Å². The van der Waals surface area contributed by atoms with E-state index in [1.165, 1.54) is 11.0 Å². The number of benzene rings is 2. The molecule has 0 spiro atoms. The number of H-pyrrole nitrogens is 1. The standard InChI is InChI=1S/C26H25FN2O2S/c1-32-21-10-7-18(8-11-21)17-3-5-19(6-4-17)26-22(27)13-23-24(29-26)14-25(28-23)31-20-9-2-16(12-20)15-30/h3-8,10-11,13-14,16,20,28,30H,2,9,12,15H2,1H3/t16?,20-/m1/s1. The van der Waals surface area contributed by atoms with Gasteiger partial charge in [0.2, 0.25) is 0 Å². The molecule has 0 aliphatic heterocycles. The van der Waals surface area contributed by atoms with Crippen molar-refractivity contribution in [1.82, 2.24) is 9.97 Å². The van der Waals surface area contributed by atoms with Gasteiger partial charge in [0.1, 0.15) is 11.8 Å². The molecule has 0 bridgehead atoms. The molecule has 0 saturated heterocycles. The zero-order chi connectivity index (χ0) is 22.1. The lowest BCUT2D eigenvalue weighted by Gasteiger charge is -2.11. The van der Waals surface area contributed by atoms with Gasteiger partial charge in [-0.25, -0.2) is 9.37 Å². The number of thioether (sulfide) groups is 1. The van der Waals surface area contributed by atoms with Crippen molar-refractivity contribution < 1.29 is 14.2 Å². The summed E-state index contributed by atoms with van der Waals surface area (Å²) in [6, 6.07) is 19.5. The Balaban J connectivity index is 1.38. The van der Waals surface area contributed by atoms with Crippen molar-refractivity contribution in [3.8, 4) is 28.3 Å². The summed E-state index contributed by atoms with van der Waals surface area (Å²) in [6.07, 6.45) is 4.85. The molecule has 2 aromatic carbocycles. The predicted octanol–water partition coefficient (Wildman–Crippen LogP) is 6.30. The Morgan fingerprint density at radius 3 is 2.38 bits per heavy atom. The van der Waals surface area contributed by atoms with Gasteiger partial charge in [0.25, 0.3) is 0 Å². The smallest absolute Gasteiger partial charge is 0.193 e. The number of fused-ring (bicyclic) bond motifs is 1. The molecular weight excluding hydrogens is 423 g/mol. The second-order valence-corrected chi connectivity index (χ2v) is 9.17. The largest absolute Gasteiger partial charge is 0.476 e. The number of ether oxygens (including phenoxy) is 1. The molecule has 2 N–H and O–H groups in total. The molecule has 5 rings (SSSR count). The molecule has 1 saturated carbocycles. The normalized spacial score (nSPS) is 18.3. The molecule has 164 valence electrons. The molecule has 32 heavy (non-hydrogen) atoms. The highest BCUT2D eigenvalue weighted by Gasteiger charge is 2.26. The van der Waals surface area contributed by atoms with Crippen LogP contribution in [0.25, 0.3) is 33.4 Å². The van der Waals surface area contributed by atoms with Crippen molar-refractivity contribution in [2.45, 2.75) is 30.3 Å². The highest BCUT2D eigenvalue weighted by atomic mass is 32.2. The average molecular weight is 449 g/mol. The first-order chi connectivity index (χ1) is 15.6. The fourth-order valence-electron chi connectivity index (χ4n) is 4.36. The van der Waals surface area contributed by atoms with E-state index in [9.17, 15) is 9.50 Å². The molecule has 1 unspecified atom stereocenters. The molecule has 4 aromatic rings. The summed E-state index contributed by atoms with van der Waals surface area (Å²) in [5.74, 6) is 0.527. The molecule has 2 atom stereocenters. The van der Waals surface area contributed by atoms with Crippen molar-refractivity contribution in [2.75, 3.05) is 12.9 Å². The van der Waals surface area contributed by atoms with E-state index in [2.05, 4.69) is 40.5 Å². The number of aromatic amines is 1. The first kappa shape index (κ1) is 21.0. The summed E-state index contributed by atoms with van der Waals surface area (Å²) >= 11 is 1.71. The van der Waals surface area contributed by atoms with Gasteiger partial charge >= 0.3 is 0 Å². The number of rotatable bonds is 6. The van der Waals surface area contributed by atoms with Crippen LogP contribution < -0.4 is 4.74 Å². The molecule has 6 heteroatoms. The van der Waals surface area contributed by atoms with Crippen LogP contribution in [0, 0.1) is 11.7 Å². The lowest BCUT2D eigenvalue weighted by atomic mass is 10.0. The second kappa shape index (κ2) is 8.96. The number of aromatic nitrogens is 2. The number of nitrogens with zero attached hydrogens (tertiary/aromatic N) is 1. The highest BCUT2D eigenvalue weighted by Crippen LogP contribution is 2.32. The van der Waals surface area contributed by atoms with Crippen molar-refractivity contribution in [3.63, 3.8) is 0 Å². The van der Waals surface area contributed by atoms with E-state index in [0.717, 1.165) is 36.0 Å². The predicted molar refractivity (Wildman–Crippen MR) is 128 cm³/mol. The van der Waals surface area contributed by atoms with Gasteiger partial charge in [0, 0.05) is 29.2 Å². The Kier molecular flexibility index (Phi) is 5.89. The summed E-state index contributed by atoms with van der Waals surface area (Å²) in [5.41, 5.74) is 4.56. The van der Waals surface area contributed by atoms with E-state index in [-0.39, 0.29) is 18.5 Å². The Bertz CT molecular complexity index is 1220. The van der Waals surface area contributed by atoms with Crippen LogP contribution in [0.1, 0.15) is 19.3 Å². The third-order valence-electron chi connectivity index (χ3n) is 6.16. The van der Waals surface area contributed by atoms with Crippen LogP contribution in [0.5, 0.6) is 5.88 Å². The molecule has 0 amide bonds. The molecule has 0 radical (unpaired) electrons. The zero-order valence-corrected chi connectivity index (χ0v) is 18.7. The van der Waals surface area contributed by atoms with Crippen molar-refractivity contribution in [2.24, 2.45) is 5.92 Å². The number of aliphatic hydroxyl groups excluding tert-OH is 1. The van der Waals surface area contributed by atoms with Crippen LogP contribution in [0.2, 0.25) is 0 Å². The van der Waals surface area contributed by atoms with Crippen LogP contribution in [0.3, 0.4) is 0 Å². The molecule has 2 aromatic heterocycles. The first-order valence-electron chi connectivity index (χ1n) is 10.8. The Labute approximate surface area is 190 Å². The summed E-state index contributed by atoms with van der Waals surface area (Å²) in [7, 11) is 0. The van der Waals surface area contributed by atoms with E-state index >= 15 is 0 Å². The summed E-state index contributed by atoms with van der Waals surface area (Å²) < 4.78 is 20.9. The van der Waals surface area contributed by atoms with Gasteiger partial charge in [0.05, 0.1) is 11.0 Å². The number of pyridine rings is 1. The number of hydrogen-bond donors (Lipinski definition) is 2. The number of hydrogen-bond acceptors (Lipinski definition) is 4. The quantitative estimate of drug-likeness (QED) is 0.340. The molecule has 1 aliphatic carbocycles. The maximum absolute atomic E-state index is 14.9. The minimum Gasteiger partial charge on any atom is -0.476 e. The van der Waals surface area contributed by atoms with Crippen LogP contribution in [-0.4, -0.2) is 34.0 Å². The molecule has 1 fully saturated rings. The van der Waals surface area contributed by atoms with E-state index in [1.54, 1.807) is 11.8 Å². The number of nitrogens with one attached hydrogen (secondary N) is 1. The van der Waals surface area contributed by atoms with Crippen molar-refractivity contribution in [3.05, 3.63) is 66.5 Å². The maximum atomic E-state index is 14.9. The van der Waals surface area contributed by atoms with Crippen LogP contribution in [0.4, 0.5) is 4.39 Å². The van der Waals surface area contributed by atoms with Crippen LogP contribution >= 0.6 is 11.8 Å². The minimum atomic E-state index is -0.371. The molecule has 1 aliphatic rings. The molecule has 2 heterocycles. The minimum absolute atomic E-state index is 0.0714. The fourth-order valence-corrected chi connectivity index (χ4v) is 4.77. The number of aliphatic hydroxyl groups is 1. The van der Waals surface area contributed by atoms with Gasteiger partial charge in [-0.3, -0.25) is 0 Å².